The zero-order valence-electron chi connectivity index (χ0n) is 15.3. The van der Waals surface area contributed by atoms with Crippen LogP contribution in [0.25, 0.3) is 0 Å². The fourth-order valence-electron chi connectivity index (χ4n) is 4.02. The van der Waals surface area contributed by atoms with E-state index in [9.17, 15) is 14.0 Å². The van der Waals surface area contributed by atoms with E-state index in [1.54, 1.807) is 17.0 Å². The summed E-state index contributed by atoms with van der Waals surface area (Å²) >= 11 is 0. The number of carbonyl (C=O) groups excluding carboxylic acids is 2. The molecule has 0 bridgehead atoms. The Morgan fingerprint density at radius 3 is 2.26 bits per heavy atom. The van der Waals surface area contributed by atoms with E-state index in [1.165, 1.54) is 23.3 Å². The number of halogens is 1. The molecule has 140 valence electrons. The lowest BCUT2D eigenvalue weighted by Gasteiger charge is -2.22. The van der Waals surface area contributed by atoms with Gasteiger partial charge in [-0.3, -0.25) is 9.59 Å². The van der Waals surface area contributed by atoms with Gasteiger partial charge in [-0.1, -0.05) is 18.2 Å². The van der Waals surface area contributed by atoms with E-state index in [0.29, 0.717) is 32.6 Å². The molecule has 5 heteroatoms. The molecule has 2 aromatic carbocycles. The Balaban J connectivity index is 1.45. The number of aryl methyl sites for hydroxylation is 2. The predicted molar refractivity (Wildman–Crippen MR) is 101 cm³/mol. The lowest BCUT2D eigenvalue weighted by Crippen LogP contribution is -2.37. The van der Waals surface area contributed by atoms with Crippen molar-refractivity contribution in [2.75, 3.05) is 26.2 Å². The van der Waals surface area contributed by atoms with E-state index in [-0.39, 0.29) is 17.4 Å². The Kier molecular flexibility index (Phi) is 4.92. The molecule has 0 spiro atoms. The van der Waals surface area contributed by atoms with E-state index in [0.717, 1.165) is 24.8 Å². The average molecular weight is 366 g/mol. The predicted octanol–water partition coefficient (Wildman–Crippen LogP) is 3.30. The van der Waals surface area contributed by atoms with Crippen molar-refractivity contribution in [3.63, 3.8) is 0 Å². The fourth-order valence-corrected chi connectivity index (χ4v) is 4.02. The maximum atomic E-state index is 13.9. The van der Waals surface area contributed by atoms with Crippen LogP contribution in [0, 0.1) is 5.82 Å². The molecule has 2 aliphatic rings. The molecule has 0 radical (unpaired) electrons. The summed E-state index contributed by atoms with van der Waals surface area (Å²) in [6, 6.07) is 12.1. The second-order valence-corrected chi connectivity index (χ2v) is 7.25. The molecule has 1 aliphatic heterocycles. The summed E-state index contributed by atoms with van der Waals surface area (Å²) in [5, 5.41) is 0. The first-order valence-corrected chi connectivity index (χ1v) is 9.58. The van der Waals surface area contributed by atoms with Gasteiger partial charge in [0.25, 0.3) is 11.8 Å². The maximum Gasteiger partial charge on any atom is 0.256 e. The van der Waals surface area contributed by atoms with E-state index in [2.05, 4.69) is 6.07 Å². The van der Waals surface area contributed by atoms with Crippen LogP contribution in [0.15, 0.2) is 42.5 Å². The third kappa shape index (κ3) is 3.59. The molecule has 2 aromatic rings. The van der Waals surface area contributed by atoms with E-state index < -0.39 is 5.82 Å². The van der Waals surface area contributed by atoms with Crippen LogP contribution in [-0.2, 0) is 12.8 Å². The second-order valence-electron chi connectivity index (χ2n) is 7.25. The van der Waals surface area contributed by atoms with Gasteiger partial charge < -0.3 is 9.80 Å². The minimum absolute atomic E-state index is 0.0184. The zero-order valence-corrected chi connectivity index (χ0v) is 15.3. The van der Waals surface area contributed by atoms with Crippen molar-refractivity contribution in [2.45, 2.75) is 25.7 Å². The molecule has 0 aromatic heterocycles. The Morgan fingerprint density at radius 2 is 1.48 bits per heavy atom. The highest BCUT2D eigenvalue weighted by Crippen LogP contribution is 2.24. The molecule has 2 amide bonds. The Morgan fingerprint density at radius 1 is 0.778 bits per heavy atom. The minimum atomic E-state index is -0.502. The molecular weight excluding hydrogens is 343 g/mol. The second kappa shape index (κ2) is 7.51. The van der Waals surface area contributed by atoms with Gasteiger partial charge in [-0.25, -0.2) is 4.39 Å². The van der Waals surface area contributed by atoms with Crippen molar-refractivity contribution in [1.82, 2.24) is 9.80 Å². The molecule has 27 heavy (non-hydrogen) atoms. The fraction of sp³-hybridized carbons (Fsp3) is 0.364. The number of carbonyl (C=O) groups is 2. The van der Waals surface area contributed by atoms with E-state index >= 15 is 0 Å². The van der Waals surface area contributed by atoms with Gasteiger partial charge >= 0.3 is 0 Å². The molecule has 1 aliphatic carbocycles. The first-order chi connectivity index (χ1) is 13.1. The van der Waals surface area contributed by atoms with Gasteiger partial charge in [-0.15, -0.1) is 0 Å². The van der Waals surface area contributed by atoms with Gasteiger partial charge in [0.15, 0.2) is 0 Å². The maximum absolute atomic E-state index is 13.9. The van der Waals surface area contributed by atoms with Gasteiger partial charge in [0.05, 0.1) is 5.56 Å². The van der Waals surface area contributed by atoms with Crippen LogP contribution in [0.1, 0.15) is 44.7 Å². The molecule has 4 nitrogen and oxygen atoms in total. The molecule has 4 rings (SSSR count). The first kappa shape index (κ1) is 17.7. The van der Waals surface area contributed by atoms with Crippen molar-refractivity contribution < 1.29 is 14.0 Å². The van der Waals surface area contributed by atoms with Gasteiger partial charge in [-0.2, -0.15) is 0 Å². The summed E-state index contributed by atoms with van der Waals surface area (Å²) < 4.78 is 13.9. The molecule has 1 heterocycles. The molecule has 0 unspecified atom stereocenters. The first-order valence-electron chi connectivity index (χ1n) is 9.58. The minimum Gasteiger partial charge on any atom is -0.337 e. The van der Waals surface area contributed by atoms with Crippen molar-refractivity contribution in [3.8, 4) is 0 Å². The number of hydrogen-bond donors (Lipinski definition) is 0. The normalized spacial score (nSPS) is 16.8. The summed E-state index contributed by atoms with van der Waals surface area (Å²) in [4.78, 5) is 29.0. The summed E-state index contributed by atoms with van der Waals surface area (Å²) in [5.41, 5.74) is 3.46. The van der Waals surface area contributed by atoms with Crippen molar-refractivity contribution in [1.29, 1.82) is 0 Å². The van der Waals surface area contributed by atoms with E-state index in [4.69, 9.17) is 0 Å². The van der Waals surface area contributed by atoms with Gasteiger partial charge in [0, 0.05) is 31.7 Å². The molecule has 0 saturated carbocycles. The van der Waals surface area contributed by atoms with Gasteiger partial charge in [0.2, 0.25) is 0 Å². The monoisotopic (exact) mass is 366 g/mol. The van der Waals surface area contributed by atoms with Crippen LogP contribution in [0.4, 0.5) is 4.39 Å². The highest BCUT2D eigenvalue weighted by molar-refractivity contribution is 5.95. The number of hydrogen-bond acceptors (Lipinski definition) is 2. The smallest absolute Gasteiger partial charge is 0.256 e. The number of amides is 2. The van der Waals surface area contributed by atoms with E-state index in [1.807, 2.05) is 17.0 Å². The number of nitrogens with zero attached hydrogens (tertiary/aromatic N) is 2. The Bertz CT molecular complexity index is 880. The third-order valence-electron chi connectivity index (χ3n) is 5.52. The molecule has 1 fully saturated rings. The van der Waals surface area contributed by atoms with Crippen LogP contribution >= 0.6 is 0 Å². The van der Waals surface area contributed by atoms with Gasteiger partial charge in [-0.05, 0) is 61.1 Å². The summed E-state index contributed by atoms with van der Waals surface area (Å²) in [6.07, 6.45) is 3.99. The van der Waals surface area contributed by atoms with Crippen molar-refractivity contribution in [2.24, 2.45) is 0 Å². The standard InChI is InChI=1S/C22H23FN2O2/c23-20-8-2-1-7-19(20)22(27)25-12-4-11-24(13-14-25)21(26)18-10-9-16-5-3-6-17(16)15-18/h1-2,7-10,15H,3-6,11-14H2. The molecule has 1 saturated heterocycles. The quantitative estimate of drug-likeness (QED) is 0.818. The lowest BCUT2D eigenvalue weighted by molar-refractivity contribution is 0.0716. The SMILES string of the molecule is O=C(c1ccc2c(c1)CCC2)N1CCCN(C(=O)c2ccccc2F)CC1. The highest BCUT2D eigenvalue weighted by Gasteiger charge is 2.25. The Labute approximate surface area is 158 Å². The van der Waals surface area contributed by atoms with Crippen LogP contribution < -0.4 is 0 Å². The van der Waals surface area contributed by atoms with Crippen molar-refractivity contribution >= 4 is 11.8 Å². The van der Waals surface area contributed by atoms with Gasteiger partial charge in [0.1, 0.15) is 5.82 Å². The number of fused-ring (bicyclic) bond motifs is 1. The van der Waals surface area contributed by atoms with Crippen molar-refractivity contribution in [3.05, 3.63) is 70.5 Å². The van der Waals surface area contributed by atoms with Crippen LogP contribution in [-0.4, -0.2) is 47.8 Å². The summed E-state index contributed by atoms with van der Waals surface area (Å²) in [6.45, 7) is 2.03. The molecular formula is C22H23FN2O2. The highest BCUT2D eigenvalue weighted by atomic mass is 19.1. The van der Waals surface area contributed by atoms with Crippen LogP contribution in [0.3, 0.4) is 0 Å². The molecule has 0 N–H and O–H groups in total. The van der Waals surface area contributed by atoms with Crippen LogP contribution in [0.2, 0.25) is 0 Å². The number of rotatable bonds is 2. The molecule has 0 atom stereocenters. The Hall–Kier alpha value is -2.69. The third-order valence-corrected chi connectivity index (χ3v) is 5.52. The topological polar surface area (TPSA) is 40.6 Å². The summed E-state index contributed by atoms with van der Waals surface area (Å²) in [5.74, 6) is -0.789. The summed E-state index contributed by atoms with van der Waals surface area (Å²) in [7, 11) is 0. The number of benzene rings is 2. The average Bonchev–Trinajstić information content (AvgIpc) is 3.02. The lowest BCUT2D eigenvalue weighted by atomic mass is 10.1. The van der Waals surface area contributed by atoms with Crippen LogP contribution in [0.5, 0.6) is 0 Å². The largest absolute Gasteiger partial charge is 0.337 e. The zero-order chi connectivity index (χ0) is 18.8.